The lowest BCUT2D eigenvalue weighted by molar-refractivity contribution is 0.259. The van der Waals surface area contributed by atoms with E-state index in [-0.39, 0.29) is 18.4 Å². The molecule has 0 aliphatic carbocycles. The van der Waals surface area contributed by atoms with E-state index in [1.165, 1.54) is 0 Å². The SMILES string of the molecule is CCCS(=O)(=O)C1COc2ccccc2C1NC. The van der Waals surface area contributed by atoms with Gasteiger partial charge in [-0.05, 0) is 19.5 Å². The van der Waals surface area contributed by atoms with E-state index in [2.05, 4.69) is 5.32 Å². The summed E-state index contributed by atoms with van der Waals surface area (Å²) < 4.78 is 30.1. The molecule has 0 amide bonds. The van der Waals surface area contributed by atoms with Crippen LogP contribution >= 0.6 is 0 Å². The Morgan fingerprint density at radius 1 is 1.39 bits per heavy atom. The van der Waals surface area contributed by atoms with Gasteiger partial charge in [0.25, 0.3) is 0 Å². The van der Waals surface area contributed by atoms with E-state index in [4.69, 9.17) is 4.74 Å². The van der Waals surface area contributed by atoms with Crippen LogP contribution in [0.3, 0.4) is 0 Å². The molecule has 1 heterocycles. The molecule has 18 heavy (non-hydrogen) atoms. The van der Waals surface area contributed by atoms with Crippen molar-refractivity contribution in [3.63, 3.8) is 0 Å². The fraction of sp³-hybridized carbons (Fsp3) is 0.538. The van der Waals surface area contributed by atoms with Crippen LogP contribution in [0.2, 0.25) is 0 Å². The standard InChI is InChI=1S/C13H19NO3S/c1-3-8-18(15,16)12-9-17-11-7-5-4-6-10(11)13(12)14-2/h4-7,12-14H,3,8-9H2,1-2H3. The molecule has 0 radical (unpaired) electrons. The van der Waals surface area contributed by atoms with E-state index in [0.29, 0.717) is 6.42 Å². The molecule has 100 valence electrons. The Kier molecular flexibility index (Phi) is 3.92. The van der Waals surface area contributed by atoms with E-state index in [0.717, 1.165) is 11.3 Å². The number of nitrogens with one attached hydrogen (secondary N) is 1. The summed E-state index contributed by atoms with van der Waals surface area (Å²) in [7, 11) is -1.33. The Labute approximate surface area is 108 Å². The van der Waals surface area contributed by atoms with Crippen molar-refractivity contribution in [1.82, 2.24) is 5.32 Å². The molecule has 0 bridgehead atoms. The van der Waals surface area contributed by atoms with Gasteiger partial charge in [0, 0.05) is 5.56 Å². The molecule has 1 aromatic carbocycles. The van der Waals surface area contributed by atoms with Gasteiger partial charge in [-0.2, -0.15) is 0 Å². The van der Waals surface area contributed by atoms with Crippen molar-refractivity contribution in [1.29, 1.82) is 0 Å². The van der Waals surface area contributed by atoms with Crippen molar-refractivity contribution < 1.29 is 13.2 Å². The molecule has 0 saturated carbocycles. The van der Waals surface area contributed by atoms with Gasteiger partial charge in [0.05, 0.1) is 11.8 Å². The number of rotatable bonds is 4. The van der Waals surface area contributed by atoms with Crippen LogP contribution in [0.1, 0.15) is 24.9 Å². The smallest absolute Gasteiger partial charge is 0.158 e. The van der Waals surface area contributed by atoms with Crippen molar-refractivity contribution in [3.05, 3.63) is 29.8 Å². The van der Waals surface area contributed by atoms with Crippen LogP contribution in [-0.4, -0.2) is 33.1 Å². The van der Waals surface area contributed by atoms with Gasteiger partial charge in [-0.25, -0.2) is 8.42 Å². The third kappa shape index (κ3) is 2.37. The Morgan fingerprint density at radius 3 is 2.78 bits per heavy atom. The quantitative estimate of drug-likeness (QED) is 0.900. The van der Waals surface area contributed by atoms with Gasteiger partial charge >= 0.3 is 0 Å². The first kappa shape index (κ1) is 13.4. The second-order valence-electron chi connectivity index (χ2n) is 4.52. The average molecular weight is 269 g/mol. The third-order valence-electron chi connectivity index (χ3n) is 3.29. The molecular formula is C13H19NO3S. The number of benzene rings is 1. The number of ether oxygens (including phenoxy) is 1. The van der Waals surface area contributed by atoms with Crippen LogP contribution in [-0.2, 0) is 9.84 Å². The minimum Gasteiger partial charge on any atom is -0.492 e. The number of hydrogen-bond donors (Lipinski definition) is 1. The summed E-state index contributed by atoms with van der Waals surface area (Å²) in [4.78, 5) is 0. The van der Waals surface area contributed by atoms with Gasteiger partial charge in [-0.3, -0.25) is 0 Å². The third-order valence-corrected chi connectivity index (χ3v) is 5.60. The lowest BCUT2D eigenvalue weighted by atomic mass is 10.0. The molecule has 4 nitrogen and oxygen atoms in total. The van der Waals surface area contributed by atoms with Crippen LogP contribution in [0, 0.1) is 0 Å². The van der Waals surface area contributed by atoms with E-state index in [9.17, 15) is 8.42 Å². The summed E-state index contributed by atoms with van der Waals surface area (Å²) in [5.74, 6) is 0.987. The monoisotopic (exact) mass is 269 g/mol. The van der Waals surface area contributed by atoms with Crippen LogP contribution in [0.5, 0.6) is 5.75 Å². The summed E-state index contributed by atoms with van der Waals surface area (Å²) in [5.41, 5.74) is 0.927. The lowest BCUT2D eigenvalue weighted by Gasteiger charge is -2.33. The number of para-hydroxylation sites is 1. The maximum Gasteiger partial charge on any atom is 0.158 e. The van der Waals surface area contributed by atoms with Gasteiger partial charge in [0.15, 0.2) is 9.84 Å². The summed E-state index contributed by atoms with van der Waals surface area (Å²) in [6.07, 6.45) is 0.636. The average Bonchev–Trinajstić information content (AvgIpc) is 2.37. The molecular weight excluding hydrogens is 250 g/mol. The molecule has 0 spiro atoms. The Morgan fingerprint density at radius 2 is 2.11 bits per heavy atom. The van der Waals surface area contributed by atoms with Crippen LogP contribution < -0.4 is 10.1 Å². The van der Waals surface area contributed by atoms with E-state index < -0.39 is 15.1 Å². The second-order valence-corrected chi connectivity index (χ2v) is 6.86. The summed E-state index contributed by atoms with van der Waals surface area (Å²) in [6, 6.07) is 7.41. The molecule has 2 atom stereocenters. The molecule has 0 fully saturated rings. The van der Waals surface area contributed by atoms with E-state index >= 15 is 0 Å². The number of hydrogen-bond acceptors (Lipinski definition) is 4. The van der Waals surface area contributed by atoms with Crippen LogP contribution in [0.4, 0.5) is 0 Å². The van der Waals surface area contributed by atoms with Crippen molar-refractivity contribution in [2.45, 2.75) is 24.6 Å². The van der Waals surface area contributed by atoms with Gasteiger partial charge in [0.2, 0.25) is 0 Å². The predicted molar refractivity (Wildman–Crippen MR) is 71.6 cm³/mol. The Balaban J connectivity index is 2.37. The maximum absolute atomic E-state index is 12.2. The van der Waals surface area contributed by atoms with Crippen molar-refractivity contribution >= 4 is 9.84 Å². The minimum atomic E-state index is -3.12. The van der Waals surface area contributed by atoms with E-state index in [1.54, 1.807) is 7.05 Å². The molecule has 5 heteroatoms. The van der Waals surface area contributed by atoms with Crippen LogP contribution in [0.15, 0.2) is 24.3 Å². The lowest BCUT2D eigenvalue weighted by Crippen LogP contribution is -2.43. The van der Waals surface area contributed by atoms with Gasteiger partial charge < -0.3 is 10.1 Å². The highest BCUT2D eigenvalue weighted by Crippen LogP contribution is 2.34. The topological polar surface area (TPSA) is 55.4 Å². The highest BCUT2D eigenvalue weighted by Gasteiger charge is 2.38. The zero-order valence-electron chi connectivity index (χ0n) is 10.7. The predicted octanol–water partition coefficient (Wildman–Crippen LogP) is 1.53. The van der Waals surface area contributed by atoms with Gasteiger partial charge in [-0.1, -0.05) is 25.1 Å². The summed E-state index contributed by atoms with van der Waals surface area (Å²) >= 11 is 0. The molecule has 1 aliphatic rings. The number of sulfone groups is 1. The van der Waals surface area contributed by atoms with Crippen molar-refractivity contribution in [3.8, 4) is 5.75 Å². The number of fused-ring (bicyclic) bond motifs is 1. The molecule has 2 rings (SSSR count). The van der Waals surface area contributed by atoms with Crippen molar-refractivity contribution in [2.75, 3.05) is 19.4 Å². The fourth-order valence-corrected chi connectivity index (χ4v) is 4.27. The first-order chi connectivity index (χ1) is 8.60. The highest BCUT2D eigenvalue weighted by atomic mass is 32.2. The molecule has 1 aliphatic heterocycles. The van der Waals surface area contributed by atoms with Crippen LogP contribution in [0.25, 0.3) is 0 Å². The minimum absolute atomic E-state index is 0.188. The molecule has 2 unspecified atom stereocenters. The highest BCUT2D eigenvalue weighted by molar-refractivity contribution is 7.92. The first-order valence-electron chi connectivity index (χ1n) is 6.20. The normalized spacial score (nSPS) is 23.2. The van der Waals surface area contributed by atoms with Crippen molar-refractivity contribution in [2.24, 2.45) is 0 Å². The summed E-state index contributed by atoms with van der Waals surface area (Å²) in [5, 5.41) is 2.61. The van der Waals surface area contributed by atoms with Gasteiger partial charge in [-0.15, -0.1) is 0 Å². The summed E-state index contributed by atoms with van der Waals surface area (Å²) in [6.45, 7) is 2.11. The Hall–Kier alpha value is -1.07. The maximum atomic E-state index is 12.2. The Bertz CT molecular complexity index is 513. The zero-order valence-corrected chi connectivity index (χ0v) is 11.5. The zero-order chi connectivity index (χ0) is 13.2. The second kappa shape index (κ2) is 5.28. The fourth-order valence-electron chi connectivity index (χ4n) is 2.43. The molecule has 1 aromatic rings. The molecule has 0 saturated heterocycles. The van der Waals surface area contributed by atoms with E-state index in [1.807, 2.05) is 31.2 Å². The molecule has 0 aromatic heterocycles. The molecule has 1 N–H and O–H groups in total. The van der Waals surface area contributed by atoms with Gasteiger partial charge in [0.1, 0.15) is 17.6 Å². The first-order valence-corrected chi connectivity index (χ1v) is 7.92. The largest absolute Gasteiger partial charge is 0.492 e.